The van der Waals surface area contributed by atoms with E-state index in [1.807, 2.05) is 12.1 Å². The molecule has 0 saturated carbocycles. The van der Waals surface area contributed by atoms with Crippen molar-refractivity contribution in [2.24, 2.45) is 0 Å². The van der Waals surface area contributed by atoms with Crippen LogP contribution in [0.4, 0.5) is 0 Å². The van der Waals surface area contributed by atoms with Crippen LogP contribution in [0, 0.1) is 12.1 Å². The first-order valence-electron chi connectivity index (χ1n) is 12.2. The molecule has 156 valence electrons. The molecule has 0 unspecified atom stereocenters. The molecule has 0 amide bonds. The average Bonchev–Trinajstić information content (AvgIpc) is 3.08. The molecular weight excluding hydrogens is 350 g/mol. The molecule has 0 aliphatic carbocycles. The molecule has 1 heterocycles. The van der Waals surface area contributed by atoms with Crippen molar-refractivity contribution in [1.82, 2.24) is 4.57 Å². The molecule has 0 spiro atoms. The summed E-state index contributed by atoms with van der Waals surface area (Å²) in [7, 11) is 0. The van der Waals surface area contributed by atoms with Gasteiger partial charge in [-0.3, -0.25) is 0 Å². The SMILES string of the molecule is CCCCCCCCCCCCCCCCn1c2c[c]ccc2c2cc[c]cc21. The van der Waals surface area contributed by atoms with Crippen molar-refractivity contribution in [2.75, 3.05) is 0 Å². The lowest BCUT2D eigenvalue weighted by Crippen LogP contribution is -1.97. The van der Waals surface area contributed by atoms with Crippen molar-refractivity contribution in [3.63, 3.8) is 0 Å². The Hall–Kier alpha value is -1.76. The van der Waals surface area contributed by atoms with Gasteiger partial charge in [-0.25, -0.2) is 0 Å². The van der Waals surface area contributed by atoms with Crippen molar-refractivity contribution in [1.29, 1.82) is 0 Å². The number of nitrogens with zero attached hydrogens (tertiary/aromatic N) is 1. The number of fused-ring (bicyclic) bond motifs is 3. The zero-order chi connectivity index (χ0) is 20.2. The number of aryl methyl sites for hydroxylation is 1. The lowest BCUT2D eigenvalue weighted by Gasteiger charge is -2.07. The molecule has 3 aromatic rings. The maximum Gasteiger partial charge on any atom is 0.0497 e. The average molecular weight is 390 g/mol. The Balaban J connectivity index is 1.28. The number of hydrogen-bond acceptors (Lipinski definition) is 0. The summed E-state index contributed by atoms with van der Waals surface area (Å²) in [5, 5.41) is 2.69. The van der Waals surface area contributed by atoms with Crippen LogP contribution >= 0.6 is 0 Å². The predicted molar refractivity (Wildman–Crippen MR) is 127 cm³/mol. The van der Waals surface area contributed by atoms with Gasteiger partial charge in [-0.15, -0.1) is 0 Å². The smallest absolute Gasteiger partial charge is 0.0497 e. The highest BCUT2D eigenvalue weighted by Gasteiger charge is 2.09. The second-order valence-electron chi connectivity index (χ2n) is 8.63. The van der Waals surface area contributed by atoms with Crippen LogP contribution in [-0.2, 0) is 6.54 Å². The van der Waals surface area contributed by atoms with E-state index in [4.69, 9.17) is 0 Å². The molecule has 0 fully saturated rings. The molecule has 29 heavy (non-hydrogen) atoms. The largest absolute Gasteiger partial charge is 0.340 e. The number of hydrogen-bond donors (Lipinski definition) is 0. The van der Waals surface area contributed by atoms with E-state index in [-0.39, 0.29) is 0 Å². The van der Waals surface area contributed by atoms with Crippen molar-refractivity contribution in [2.45, 2.75) is 103 Å². The fourth-order valence-corrected chi connectivity index (χ4v) is 4.58. The maximum absolute atomic E-state index is 3.26. The van der Waals surface area contributed by atoms with Crippen LogP contribution in [0.3, 0.4) is 0 Å². The van der Waals surface area contributed by atoms with Crippen molar-refractivity contribution < 1.29 is 0 Å². The lowest BCUT2D eigenvalue weighted by atomic mass is 10.0. The van der Waals surface area contributed by atoms with E-state index in [2.05, 4.69) is 47.9 Å². The highest BCUT2D eigenvalue weighted by molar-refractivity contribution is 6.07. The van der Waals surface area contributed by atoms with E-state index in [0.717, 1.165) is 6.54 Å². The predicted octanol–water partition coefficient (Wildman–Crippen LogP) is 8.88. The first-order chi connectivity index (χ1) is 14.4. The number of aromatic nitrogens is 1. The monoisotopic (exact) mass is 389 g/mol. The Morgan fingerprint density at radius 2 is 1.00 bits per heavy atom. The fourth-order valence-electron chi connectivity index (χ4n) is 4.58. The zero-order valence-electron chi connectivity index (χ0n) is 18.5. The van der Waals surface area contributed by atoms with E-state index in [1.165, 1.54) is 112 Å². The minimum atomic E-state index is 1.10. The van der Waals surface area contributed by atoms with Crippen LogP contribution in [0.2, 0.25) is 0 Å². The van der Waals surface area contributed by atoms with E-state index < -0.39 is 0 Å². The topological polar surface area (TPSA) is 4.93 Å². The van der Waals surface area contributed by atoms with E-state index >= 15 is 0 Å². The molecular formula is C28H39N. The number of unbranched alkanes of at least 4 members (excludes halogenated alkanes) is 13. The van der Waals surface area contributed by atoms with Gasteiger partial charge in [0.1, 0.15) is 0 Å². The third kappa shape index (κ3) is 6.63. The van der Waals surface area contributed by atoms with Gasteiger partial charge >= 0.3 is 0 Å². The van der Waals surface area contributed by atoms with Gasteiger partial charge in [0.25, 0.3) is 0 Å². The van der Waals surface area contributed by atoms with E-state index in [0.29, 0.717) is 0 Å². The van der Waals surface area contributed by atoms with E-state index in [1.54, 1.807) is 0 Å². The van der Waals surface area contributed by atoms with E-state index in [9.17, 15) is 0 Å². The van der Waals surface area contributed by atoms with Crippen LogP contribution in [0.1, 0.15) is 96.8 Å². The van der Waals surface area contributed by atoms with Crippen molar-refractivity contribution >= 4 is 21.8 Å². The van der Waals surface area contributed by atoms with Gasteiger partial charge in [0, 0.05) is 28.4 Å². The molecule has 0 saturated heterocycles. The summed E-state index contributed by atoms with van der Waals surface area (Å²) < 4.78 is 2.47. The molecule has 2 aromatic carbocycles. The maximum atomic E-state index is 3.26. The Morgan fingerprint density at radius 1 is 0.586 bits per heavy atom. The highest BCUT2D eigenvalue weighted by atomic mass is 15.0. The normalized spacial score (nSPS) is 11.6. The van der Waals surface area contributed by atoms with Crippen LogP contribution in [0.5, 0.6) is 0 Å². The summed E-state index contributed by atoms with van der Waals surface area (Å²) in [4.78, 5) is 0. The Bertz CT molecular complexity index is 775. The first-order valence-corrected chi connectivity index (χ1v) is 12.2. The summed E-state index contributed by atoms with van der Waals surface area (Å²) in [6, 6.07) is 19.2. The highest BCUT2D eigenvalue weighted by Crippen LogP contribution is 2.28. The van der Waals surface area contributed by atoms with Gasteiger partial charge in [0.05, 0.1) is 0 Å². The second-order valence-corrected chi connectivity index (χ2v) is 8.63. The van der Waals surface area contributed by atoms with Crippen LogP contribution < -0.4 is 0 Å². The second kappa shape index (κ2) is 12.7. The first kappa shape index (κ1) is 21.9. The standard InChI is InChI=1S/C28H39N/c1-2-3-4-5-6-7-8-9-10-11-12-13-14-19-24-29-27-22-17-15-20-25(27)26-21-16-18-23-28(26)29/h15-16,20-23H,2-14,19,24H2,1H3. The van der Waals surface area contributed by atoms with Crippen LogP contribution in [0.25, 0.3) is 21.8 Å². The molecule has 1 nitrogen and oxygen atoms in total. The summed E-state index contributed by atoms with van der Waals surface area (Å²) in [6.45, 7) is 3.40. The Morgan fingerprint density at radius 3 is 1.45 bits per heavy atom. The minimum absolute atomic E-state index is 1.10. The third-order valence-corrected chi connectivity index (χ3v) is 6.29. The number of benzene rings is 2. The molecule has 1 aromatic heterocycles. The molecule has 3 rings (SSSR count). The third-order valence-electron chi connectivity index (χ3n) is 6.29. The van der Waals surface area contributed by atoms with Crippen LogP contribution in [-0.4, -0.2) is 4.57 Å². The van der Waals surface area contributed by atoms with Crippen LogP contribution in [0.15, 0.2) is 36.4 Å². The molecule has 0 aliphatic heterocycles. The zero-order valence-corrected chi connectivity index (χ0v) is 18.5. The summed E-state index contributed by atoms with van der Waals surface area (Å²) in [5.41, 5.74) is 2.63. The summed E-state index contributed by atoms with van der Waals surface area (Å²) in [5.74, 6) is 0. The van der Waals surface area contributed by atoms with Crippen molar-refractivity contribution in [3.8, 4) is 0 Å². The quantitative estimate of drug-likeness (QED) is 0.229. The van der Waals surface area contributed by atoms with Gasteiger partial charge in [-0.1, -0.05) is 115 Å². The molecule has 0 N–H and O–H groups in total. The van der Waals surface area contributed by atoms with Gasteiger partial charge in [0.15, 0.2) is 0 Å². The number of rotatable bonds is 15. The van der Waals surface area contributed by atoms with Gasteiger partial charge < -0.3 is 4.57 Å². The molecule has 0 bridgehead atoms. The molecule has 0 aliphatic rings. The van der Waals surface area contributed by atoms with Gasteiger partial charge in [-0.05, 0) is 30.7 Å². The van der Waals surface area contributed by atoms with Gasteiger partial charge in [-0.2, -0.15) is 0 Å². The summed E-state index contributed by atoms with van der Waals surface area (Å²) >= 11 is 0. The lowest BCUT2D eigenvalue weighted by molar-refractivity contribution is 0.528. The molecule has 2 radical (unpaired) electrons. The van der Waals surface area contributed by atoms with Gasteiger partial charge in [0.2, 0.25) is 0 Å². The minimum Gasteiger partial charge on any atom is -0.340 e. The van der Waals surface area contributed by atoms with Crippen molar-refractivity contribution in [3.05, 3.63) is 48.5 Å². The Labute approximate surface area is 178 Å². The molecule has 0 atom stereocenters. The fraction of sp³-hybridized carbons (Fsp3) is 0.571. The molecule has 1 heteroatoms. The Kier molecular flexibility index (Phi) is 9.63. The summed E-state index contributed by atoms with van der Waals surface area (Å²) in [6.07, 6.45) is 19.7.